The molecule has 0 amide bonds. The van der Waals surface area contributed by atoms with E-state index in [1.807, 2.05) is 12.1 Å². The molecule has 0 bridgehead atoms. The highest BCUT2D eigenvalue weighted by atomic mass is 32.1. The van der Waals surface area contributed by atoms with E-state index in [4.69, 9.17) is 0 Å². The Morgan fingerprint density at radius 3 is 2.86 bits per heavy atom. The van der Waals surface area contributed by atoms with Crippen LogP contribution in [0.1, 0.15) is 10.6 Å². The normalized spacial score (nSPS) is 14.3. The Labute approximate surface area is 85.8 Å². The molecule has 0 atom stereocenters. The molecule has 0 spiro atoms. The maximum absolute atomic E-state index is 4.59. The average Bonchev–Trinajstić information content (AvgIpc) is 2.78. The van der Waals surface area contributed by atoms with E-state index in [-0.39, 0.29) is 0 Å². The third kappa shape index (κ3) is 1.23. The molecule has 1 aliphatic rings. The van der Waals surface area contributed by atoms with E-state index < -0.39 is 0 Å². The molecule has 0 unspecified atom stereocenters. The monoisotopic (exact) mass is 203 g/mol. The van der Waals surface area contributed by atoms with Crippen LogP contribution < -0.4 is 5.32 Å². The minimum absolute atomic E-state index is 0.914. The van der Waals surface area contributed by atoms with E-state index >= 15 is 0 Å². The van der Waals surface area contributed by atoms with Crippen molar-refractivity contribution in [3.8, 4) is 10.6 Å². The van der Waals surface area contributed by atoms with E-state index in [0.717, 1.165) is 18.1 Å². The lowest BCUT2D eigenvalue weighted by atomic mass is 10.3. The van der Waals surface area contributed by atoms with E-state index in [0.29, 0.717) is 0 Å². The maximum Gasteiger partial charge on any atom is 0.124 e. The Kier molecular flexibility index (Phi) is 1.82. The van der Waals surface area contributed by atoms with Gasteiger partial charge in [0.2, 0.25) is 0 Å². The predicted octanol–water partition coefficient (Wildman–Crippen LogP) is 1.81. The predicted molar refractivity (Wildman–Crippen MR) is 55.9 cm³/mol. The third-order valence-corrected chi connectivity index (χ3v) is 3.43. The minimum atomic E-state index is 0.914. The van der Waals surface area contributed by atoms with Gasteiger partial charge in [-0.1, -0.05) is 0 Å². The van der Waals surface area contributed by atoms with Crippen LogP contribution in [0.4, 0.5) is 0 Å². The van der Waals surface area contributed by atoms with Gasteiger partial charge in [-0.15, -0.1) is 11.3 Å². The van der Waals surface area contributed by atoms with Crippen molar-refractivity contribution in [3.05, 3.63) is 35.1 Å². The van der Waals surface area contributed by atoms with Crippen LogP contribution in [0.3, 0.4) is 0 Å². The Balaban J connectivity index is 2.06. The lowest BCUT2D eigenvalue weighted by Gasteiger charge is -1.94. The molecule has 1 N–H and O–H groups in total. The molecule has 4 heteroatoms. The van der Waals surface area contributed by atoms with Gasteiger partial charge >= 0.3 is 0 Å². The Morgan fingerprint density at radius 2 is 2.07 bits per heavy atom. The minimum Gasteiger partial charge on any atom is -0.306 e. The van der Waals surface area contributed by atoms with Gasteiger partial charge in [-0.3, -0.25) is 4.98 Å². The van der Waals surface area contributed by atoms with Gasteiger partial charge in [0.25, 0.3) is 0 Å². The summed E-state index contributed by atoms with van der Waals surface area (Å²) in [4.78, 5) is 9.96. The molecule has 0 saturated carbocycles. The van der Waals surface area contributed by atoms with E-state index in [9.17, 15) is 0 Å². The van der Waals surface area contributed by atoms with Crippen molar-refractivity contribution in [1.29, 1.82) is 0 Å². The standard InChI is InChI=1S/C10H9N3S/c1-3-11-4-2-7(1)10-13-8-5-12-6-9(8)14-10/h1-4,12H,5-6H2. The fraction of sp³-hybridized carbons (Fsp3) is 0.200. The largest absolute Gasteiger partial charge is 0.306 e. The summed E-state index contributed by atoms with van der Waals surface area (Å²) in [6, 6.07) is 4.00. The SMILES string of the molecule is c1cc(-c2nc3c(s2)CNC3)ccn1. The van der Waals surface area contributed by atoms with Crippen LogP contribution >= 0.6 is 11.3 Å². The maximum atomic E-state index is 4.59. The second-order valence-corrected chi connectivity index (χ2v) is 4.31. The first kappa shape index (κ1) is 8.08. The van der Waals surface area contributed by atoms with Crippen LogP contribution in [0.15, 0.2) is 24.5 Å². The summed E-state index contributed by atoms with van der Waals surface area (Å²) in [5, 5.41) is 4.39. The number of hydrogen-bond acceptors (Lipinski definition) is 4. The van der Waals surface area contributed by atoms with E-state index in [1.165, 1.54) is 16.1 Å². The highest BCUT2D eigenvalue weighted by Crippen LogP contribution is 2.29. The zero-order valence-corrected chi connectivity index (χ0v) is 8.34. The molecule has 2 aromatic rings. The molecule has 3 nitrogen and oxygen atoms in total. The lowest BCUT2D eigenvalue weighted by molar-refractivity contribution is 0.759. The second-order valence-electron chi connectivity index (χ2n) is 3.23. The molecular formula is C10H9N3S. The summed E-state index contributed by atoms with van der Waals surface area (Å²) in [6.07, 6.45) is 3.61. The second kappa shape index (κ2) is 3.15. The first-order chi connectivity index (χ1) is 6.93. The number of aromatic nitrogens is 2. The van der Waals surface area contributed by atoms with Gasteiger partial charge in [-0.2, -0.15) is 0 Å². The van der Waals surface area contributed by atoms with Gasteiger partial charge in [-0.25, -0.2) is 4.98 Å². The Morgan fingerprint density at radius 1 is 1.21 bits per heavy atom. The van der Waals surface area contributed by atoms with Gasteiger partial charge in [-0.05, 0) is 12.1 Å². The number of nitrogens with zero attached hydrogens (tertiary/aromatic N) is 2. The smallest absolute Gasteiger partial charge is 0.124 e. The molecule has 1 aliphatic heterocycles. The van der Waals surface area contributed by atoms with Gasteiger partial charge in [0.1, 0.15) is 5.01 Å². The number of nitrogens with one attached hydrogen (secondary N) is 1. The zero-order valence-electron chi connectivity index (χ0n) is 7.53. The molecule has 14 heavy (non-hydrogen) atoms. The number of rotatable bonds is 1. The summed E-state index contributed by atoms with van der Waals surface area (Å²) < 4.78 is 0. The number of hydrogen-bond donors (Lipinski definition) is 1. The summed E-state index contributed by atoms with van der Waals surface area (Å²) in [6.45, 7) is 1.88. The summed E-state index contributed by atoms with van der Waals surface area (Å²) in [5.74, 6) is 0. The summed E-state index contributed by atoms with van der Waals surface area (Å²) in [5.41, 5.74) is 2.38. The molecule has 0 radical (unpaired) electrons. The van der Waals surface area contributed by atoms with Crippen LogP contribution in [-0.2, 0) is 13.1 Å². The Bertz CT molecular complexity index is 428. The van der Waals surface area contributed by atoms with Crippen molar-refractivity contribution in [2.75, 3.05) is 0 Å². The fourth-order valence-corrected chi connectivity index (χ4v) is 2.62. The molecule has 3 heterocycles. The number of fused-ring (bicyclic) bond motifs is 1. The molecule has 70 valence electrons. The molecule has 3 rings (SSSR count). The number of pyridine rings is 1. The van der Waals surface area contributed by atoms with Crippen molar-refractivity contribution in [1.82, 2.24) is 15.3 Å². The van der Waals surface area contributed by atoms with E-state index in [1.54, 1.807) is 23.7 Å². The van der Waals surface area contributed by atoms with Gasteiger partial charge in [0.05, 0.1) is 5.69 Å². The molecule has 0 fully saturated rings. The topological polar surface area (TPSA) is 37.8 Å². The summed E-state index contributed by atoms with van der Waals surface area (Å²) in [7, 11) is 0. The average molecular weight is 203 g/mol. The summed E-state index contributed by atoms with van der Waals surface area (Å²) >= 11 is 1.77. The van der Waals surface area contributed by atoms with Crippen LogP contribution in [0.5, 0.6) is 0 Å². The molecular weight excluding hydrogens is 194 g/mol. The molecule has 2 aromatic heterocycles. The highest BCUT2D eigenvalue weighted by Gasteiger charge is 2.16. The van der Waals surface area contributed by atoms with Gasteiger partial charge in [0, 0.05) is 35.9 Å². The van der Waals surface area contributed by atoms with Crippen molar-refractivity contribution in [3.63, 3.8) is 0 Å². The van der Waals surface area contributed by atoms with Crippen LogP contribution in [0.2, 0.25) is 0 Å². The van der Waals surface area contributed by atoms with Gasteiger partial charge in [0.15, 0.2) is 0 Å². The van der Waals surface area contributed by atoms with Crippen LogP contribution in [-0.4, -0.2) is 9.97 Å². The Hall–Kier alpha value is -1.26. The van der Waals surface area contributed by atoms with Crippen molar-refractivity contribution >= 4 is 11.3 Å². The van der Waals surface area contributed by atoms with Crippen molar-refractivity contribution < 1.29 is 0 Å². The third-order valence-electron chi connectivity index (χ3n) is 2.28. The lowest BCUT2D eigenvalue weighted by Crippen LogP contribution is -2.01. The van der Waals surface area contributed by atoms with E-state index in [2.05, 4.69) is 15.3 Å². The zero-order chi connectivity index (χ0) is 9.38. The van der Waals surface area contributed by atoms with Crippen molar-refractivity contribution in [2.24, 2.45) is 0 Å². The molecule has 0 aliphatic carbocycles. The molecule has 0 saturated heterocycles. The number of thiazole rings is 1. The fourth-order valence-electron chi connectivity index (χ4n) is 1.57. The highest BCUT2D eigenvalue weighted by molar-refractivity contribution is 7.15. The first-order valence-electron chi connectivity index (χ1n) is 4.53. The van der Waals surface area contributed by atoms with Crippen molar-refractivity contribution in [2.45, 2.75) is 13.1 Å². The van der Waals surface area contributed by atoms with Gasteiger partial charge < -0.3 is 5.32 Å². The first-order valence-corrected chi connectivity index (χ1v) is 5.35. The molecule has 0 aromatic carbocycles. The van der Waals surface area contributed by atoms with Crippen LogP contribution in [0, 0.1) is 0 Å². The quantitative estimate of drug-likeness (QED) is 0.768. The van der Waals surface area contributed by atoms with Crippen LogP contribution in [0.25, 0.3) is 10.6 Å².